The van der Waals surface area contributed by atoms with Crippen molar-refractivity contribution >= 4 is 21.6 Å². The second-order valence-electron chi connectivity index (χ2n) is 5.91. The lowest BCUT2D eigenvalue weighted by Gasteiger charge is -2.19. The van der Waals surface area contributed by atoms with Gasteiger partial charge in [-0.25, -0.2) is 0 Å². The molecule has 0 aromatic heterocycles. The van der Waals surface area contributed by atoms with Crippen molar-refractivity contribution in [1.29, 1.82) is 0 Å². The quantitative estimate of drug-likeness (QED) is 0.810. The van der Waals surface area contributed by atoms with Crippen molar-refractivity contribution in [1.82, 2.24) is 0 Å². The number of halogens is 1. The summed E-state index contributed by atoms with van der Waals surface area (Å²) >= 11 is 3.50. The molecular weight excluding hydrogens is 314 g/mol. The Labute approximate surface area is 129 Å². The van der Waals surface area contributed by atoms with E-state index in [0.717, 1.165) is 21.5 Å². The topological polar surface area (TPSA) is 35.2 Å². The van der Waals surface area contributed by atoms with Crippen LogP contribution in [0.5, 0.6) is 5.75 Å². The van der Waals surface area contributed by atoms with Crippen LogP contribution in [0.1, 0.15) is 31.9 Å². The number of benzene rings is 2. The van der Waals surface area contributed by atoms with Crippen molar-refractivity contribution in [2.75, 3.05) is 5.73 Å². The van der Waals surface area contributed by atoms with Crippen LogP contribution in [0.25, 0.3) is 0 Å². The number of hydrogen-bond donors (Lipinski definition) is 1. The Morgan fingerprint density at radius 3 is 2.25 bits per heavy atom. The summed E-state index contributed by atoms with van der Waals surface area (Å²) < 4.78 is 6.79. The van der Waals surface area contributed by atoms with Crippen molar-refractivity contribution in [3.63, 3.8) is 0 Å². The Balaban J connectivity index is 2.04. The molecule has 0 amide bonds. The van der Waals surface area contributed by atoms with Crippen LogP contribution in [-0.4, -0.2) is 0 Å². The third-order valence-electron chi connectivity index (χ3n) is 3.19. The molecule has 0 spiro atoms. The molecule has 0 heterocycles. The maximum atomic E-state index is 5.81. The van der Waals surface area contributed by atoms with Crippen LogP contribution in [-0.2, 0) is 12.0 Å². The molecule has 0 radical (unpaired) electrons. The standard InChI is InChI=1S/C17H20BrNO/c1-17(2,3)13-5-8-15(9-6-13)20-11-12-4-7-14(19)10-16(12)18/h4-10H,11,19H2,1-3H3. The molecule has 0 saturated carbocycles. The third-order valence-corrected chi connectivity index (χ3v) is 3.93. The molecule has 2 rings (SSSR count). The van der Waals surface area contributed by atoms with E-state index >= 15 is 0 Å². The van der Waals surface area contributed by atoms with E-state index in [9.17, 15) is 0 Å². The molecule has 2 aromatic rings. The lowest BCUT2D eigenvalue weighted by molar-refractivity contribution is 0.305. The molecule has 2 N–H and O–H groups in total. The van der Waals surface area contributed by atoms with Gasteiger partial charge in [0.25, 0.3) is 0 Å². The van der Waals surface area contributed by atoms with E-state index in [4.69, 9.17) is 10.5 Å². The lowest BCUT2D eigenvalue weighted by atomic mass is 9.87. The summed E-state index contributed by atoms with van der Waals surface area (Å²) in [5.41, 5.74) is 9.02. The van der Waals surface area contributed by atoms with Gasteiger partial charge < -0.3 is 10.5 Å². The van der Waals surface area contributed by atoms with E-state index in [0.29, 0.717) is 6.61 Å². The van der Waals surface area contributed by atoms with Crippen molar-refractivity contribution < 1.29 is 4.74 Å². The summed E-state index contributed by atoms with van der Waals surface area (Å²) in [7, 11) is 0. The number of ether oxygens (including phenoxy) is 1. The Bertz CT molecular complexity index is 585. The van der Waals surface area contributed by atoms with Crippen LogP contribution >= 0.6 is 15.9 Å². The maximum Gasteiger partial charge on any atom is 0.119 e. The fourth-order valence-electron chi connectivity index (χ4n) is 1.89. The van der Waals surface area contributed by atoms with Gasteiger partial charge in [-0.15, -0.1) is 0 Å². The predicted octanol–water partition coefficient (Wildman–Crippen LogP) is 4.91. The van der Waals surface area contributed by atoms with Crippen LogP contribution in [0.4, 0.5) is 5.69 Å². The number of hydrogen-bond acceptors (Lipinski definition) is 2. The first kappa shape index (κ1) is 14.9. The molecule has 0 atom stereocenters. The van der Waals surface area contributed by atoms with E-state index in [2.05, 4.69) is 48.8 Å². The van der Waals surface area contributed by atoms with Crippen molar-refractivity contribution in [3.8, 4) is 5.75 Å². The zero-order valence-corrected chi connectivity index (χ0v) is 13.7. The third kappa shape index (κ3) is 3.76. The van der Waals surface area contributed by atoms with Gasteiger partial charge in [0, 0.05) is 15.7 Å². The highest BCUT2D eigenvalue weighted by atomic mass is 79.9. The van der Waals surface area contributed by atoms with Gasteiger partial charge >= 0.3 is 0 Å². The van der Waals surface area contributed by atoms with Crippen molar-refractivity contribution in [2.45, 2.75) is 32.8 Å². The van der Waals surface area contributed by atoms with Crippen molar-refractivity contribution in [2.24, 2.45) is 0 Å². The Hall–Kier alpha value is -1.48. The summed E-state index contributed by atoms with van der Waals surface area (Å²) in [6.45, 7) is 7.13. The second kappa shape index (κ2) is 5.88. The lowest BCUT2D eigenvalue weighted by Crippen LogP contribution is -2.10. The highest BCUT2D eigenvalue weighted by Gasteiger charge is 2.13. The zero-order chi connectivity index (χ0) is 14.8. The molecule has 0 saturated heterocycles. The van der Waals surface area contributed by atoms with Crippen LogP contribution < -0.4 is 10.5 Å². The Kier molecular flexibility index (Phi) is 4.39. The molecule has 0 aliphatic carbocycles. The average Bonchev–Trinajstić information content (AvgIpc) is 2.37. The first-order chi connectivity index (χ1) is 9.36. The van der Waals surface area contributed by atoms with Crippen LogP contribution in [0.2, 0.25) is 0 Å². The van der Waals surface area contributed by atoms with E-state index < -0.39 is 0 Å². The molecule has 3 heteroatoms. The minimum atomic E-state index is 0.165. The number of rotatable bonds is 3. The average molecular weight is 334 g/mol. The van der Waals surface area contributed by atoms with Gasteiger partial charge in [-0.3, -0.25) is 0 Å². The molecule has 106 valence electrons. The first-order valence-corrected chi connectivity index (χ1v) is 7.43. The summed E-state index contributed by atoms with van der Waals surface area (Å²) in [5, 5.41) is 0. The number of nitrogen functional groups attached to an aromatic ring is 1. The Morgan fingerprint density at radius 2 is 1.70 bits per heavy atom. The SMILES string of the molecule is CC(C)(C)c1ccc(OCc2ccc(N)cc2Br)cc1. The monoisotopic (exact) mass is 333 g/mol. The van der Waals surface area contributed by atoms with Crippen molar-refractivity contribution in [3.05, 3.63) is 58.1 Å². The van der Waals surface area contributed by atoms with Gasteiger partial charge in [0.1, 0.15) is 12.4 Å². The predicted molar refractivity (Wildman–Crippen MR) is 88.0 cm³/mol. The second-order valence-corrected chi connectivity index (χ2v) is 6.77. The molecule has 0 unspecified atom stereocenters. The van der Waals surface area contributed by atoms with Gasteiger partial charge in [0.05, 0.1) is 0 Å². The molecule has 0 bridgehead atoms. The fourth-order valence-corrected chi connectivity index (χ4v) is 2.40. The summed E-state index contributed by atoms with van der Waals surface area (Å²) in [6.07, 6.45) is 0. The summed E-state index contributed by atoms with van der Waals surface area (Å²) in [6, 6.07) is 14.0. The zero-order valence-electron chi connectivity index (χ0n) is 12.1. The van der Waals surface area contributed by atoms with Gasteiger partial charge in [-0.2, -0.15) is 0 Å². The maximum absolute atomic E-state index is 5.81. The number of anilines is 1. The van der Waals surface area contributed by atoms with Crippen LogP contribution in [0.3, 0.4) is 0 Å². The smallest absolute Gasteiger partial charge is 0.119 e. The normalized spacial score (nSPS) is 11.4. The van der Waals surface area contributed by atoms with Gasteiger partial charge in [0.15, 0.2) is 0 Å². The van der Waals surface area contributed by atoms with Gasteiger partial charge in [-0.05, 0) is 35.2 Å². The molecular formula is C17H20BrNO. The van der Waals surface area contributed by atoms with Crippen LogP contribution in [0.15, 0.2) is 46.9 Å². The van der Waals surface area contributed by atoms with E-state index in [1.165, 1.54) is 5.56 Å². The van der Waals surface area contributed by atoms with Crippen LogP contribution in [0, 0.1) is 0 Å². The summed E-state index contributed by atoms with van der Waals surface area (Å²) in [5.74, 6) is 0.877. The highest BCUT2D eigenvalue weighted by Crippen LogP contribution is 2.25. The first-order valence-electron chi connectivity index (χ1n) is 6.63. The molecule has 0 fully saturated rings. The minimum absolute atomic E-state index is 0.165. The van der Waals surface area contributed by atoms with Gasteiger partial charge in [-0.1, -0.05) is 54.9 Å². The molecule has 0 aliphatic heterocycles. The molecule has 0 aliphatic rings. The highest BCUT2D eigenvalue weighted by molar-refractivity contribution is 9.10. The number of nitrogens with two attached hydrogens (primary N) is 1. The summed E-state index contributed by atoms with van der Waals surface area (Å²) in [4.78, 5) is 0. The van der Waals surface area contributed by atoms with E-state index in [1.54, 1.807) is 0 Å². The van der Waals surface area contributed by atoms with E-state index in [1.807, 2.05) is 30.3 Å². The minimum Gasteiger partial charge on any atom is -0.489 e. The largest absolute Gasteiger partial charge is 0.489 e. The molecule has 2 nitrogen and oxygen atoms in total. The van der Waals surface area contributed by atoms with Gasteiger partial charge in [0.2, 0.25) is 0 Å². The Morgan fingerprint density at radius 1 is 1.05 bits per heavy atom. The molecule has 2 aromatic carbocycles. The fraction of sp³-hybridized carbons (Fsp3) is 0.294. The molecule has 20 heavy (non-hydrogen) atoms. The van der Waals surface area contributed by atoms with E-state index in [-0.39, 0.29) is 5.41 Å².